The van der Waals surface area contributed by atoms with Crippen LogP contribution in [0.3, 0.4) is 0 Å². The maximum Gasteiger partial charge on any atom is 0.175 e. The van der Waals surface area contributed by atoms with Crippen LogP contribution in [0.2, 0.25) is 0 Å². The Hall–Kier alpha value is -1.50. The molecule has 0 radical (unpaired) electrons. The van der Waals surface area contributed by atoms with Crippen molar-refractivity contribution in [3.8, 4) is 21.6 Å². The zero-order chi connectivity index (χ0) is 16.6. The Morgan fingerprint density at radius 3 is 2.09 bits per heavy atom. The Morgan fingerprint density at radius 1 is 0.957 bits per heavy atom. The van der Waals surface area contributed by atoms with Crippen molar-refractivity contribution in [3.63, 3.8) is 0 Å². The van der Waals surface area contributed by atoms with E-state index in [1.165, 1.54) is 18.4 Å². The Labute approximate surface area is 146 Å². The van der Waals surface area contributed by atoms with Gasteiger partial charge >= 0.3 is 0 Å². The summed E-state index contributed by atoms with van der Waals surface area (Å²) in [5.74, 6) is -0.275. The first-order valence-corrected chi connectivity index (χ1v) is 10.3. The zero-order valence-electron chi connectivity index (χ0n) is 12.1. The molecular weight excluding hydrogens is 399 g/mol. The summed E-state index contributed by atoms with van der Waals surface area (Å²) in [5.41, 5.74) is 2.80. The van der Waals surface area contributed by atoms with Crippen LogP contribution in [0.5, 0.6) is 0 Å². The SMILES string of the molecule is CS(=O)(=O)c1ccc(-c2c(Br)csc2-c2ccc(F)cc2)cc1. The van der Waals surface area contributed by atoms with E-state index in [2.05, 4.69) is 15.9 Å². The number of sulfone groups is 1. The quantitative estimate of drug-likeness (QED) is 0.579. The normalized spacial score (nSPS) is 11.6. The molecule has 1 heterocycles. The predicted molar refractivity (Wildman–Crippen MR) is 96.0 cm³/mol. The second-order valence-electron chi connectivity index (χ2n) is 5.09. The fourth-order valence-corrected chi connectivity index (χ4v) is 4.71. The summed E-state index contributed by atoms with van der Waals surface area (Å²) in [4.78, 5) is 1.29. The van der Waals surface area contributed by atoms with E-state index in [0.717, 1.165) is 26.0 Å². The maximum absolute atomic E-state index is 13.1. The van der Waals surface area contributed by atoms with Crippen LogP contribution < -0.4 is 0 Å². The topological polar surface area (TPSA) is 34.1 Å². The van der Waals surface area contributed by atoms with Gasteiger partial charge in [-0.3, -0.25) is 0 Å². The van der Waals surface area contributed by atoms with Gasteiger partial charge in [0.05, 0.1) is 4.90 Å². The number of thiophene rings is 1. The van der Waals surface area contributed by atoms with Crippen molar-refractivity contribution in [3.05, 3.63) is 64.2 Å². The molecule has 0 N–H and O–H groups in total. The van der Waals surface area contributed by atoms with Gasteiger partial charge in [0.2, 0.25) is 0 Å². The Kier molecular flexibility index (Phi) is 4.40. The molecule has 3 aromatic rings. The molecule has 0 aliphatic rings. The van der Waals surface area contributed by atoms with Crippen LogP contribution in [0.1, 0.15) is 0 Å². The van der Waals surface area contributed by atoms with Crippen LogP contribution in [0.15, 0.2) is 63.3 Å². The Morgan fingerprint density at radius 2 is 1.52 bits per heavy atom. The highest BCUT2D eigenvalue weighted by Crippen LogP contribution is 2.42. The van der Waals surface area contributed by atoms with E-state index in [1.807, 2.05) is 5.38 Å². The predicted octanol–water partition coefficient (Wildman–Crippen LogP) is 5.39. The van der Waals surface area contributed by atoms with Crippen LogP contribution in [-0.4, -0.2) is 14.7 Å². The Bertz CT molecular complexity index is 943. The summed E-state index contributed by atoms with van der Waals surface area (Å²) in [7, 11) is -3.22. The van der Waals surface area contributed by atoms with E-state index >= 15 is 0 Å². The minimum Gasteiger partial charge on any atom is -0.224 e. The van der Waals surface area contributed by atoms with Crippen LogP contribution in [0.4, 0.5) is 4.39 Å². The average molecular weight is 411 g/mol. The van der Waals surface area contributed by atoms with E-state index < -0.39 is 9.84 Å². The molecule has 0 aliphatic heterocycles. The molecule has 1 aromatic heterocycles. The largest absolute Gasteiger partial charge is 0.224 e. The fraction of sp³-hybridized carbons (Fsp3) is 0.0588. The standard InChI is InChI=1S/C17H12BrFO2S2/c1-23(20,21)14-8-4-11(5-9-14)16-15(18)10-22-17(16)12-2-6-13(19)7-3-12/h2-10H,1H3. The molecule has 2 aromatic carbocycles. The number of halogens is 2. The summed E-state index contributed by atoms with van der Waals surface area (Å²) in [6.45, 7) is 0. The number of rotatable bonds is 3. The molecular formula is C17H12BrFO2S2. The highest BCUT2D eigenvalue weighted by atomic mass is 79.9. The van der Waals surface area contributed by atoms with Crippen molar-refractivity contribution in [2.75, 3.05) is 6.26 Å². The van der Waals surface area contributed by atoms with Gasteiger partial charge in [0.25, 0.3) is 0 Å². The summed E-state index contributed by atoms with van der Waals surface area (Å²) in [6.07, 6.45) is 1.19. The monoisotopic (exact) mass is 410 g/mol. The van der Waals surface area contributed by atoms with E-state index in [-0.39, 0.29) is 10.7 Å². The van der Waals surface area contributed by atoms with E-state index in [9.17, 15) is 12.8 Å². The molecule has 23 heavy (non-hydrogen) atoms. The molecule has 0 aliphatic carbocycles. The molecule has 6 heteroatoms. The van der Waals surface area contributed by atoms with Gasteiger partial charge in [-0.2, -0.15) is 0 Å². The third-order valence-corrected chi connectivity index (χ3v) is 6.51. The van der Waals surface area contributed by atoms with Gasteiger partial charge in [-0.1, -0.05) is 24.3 Å². The van der Waals surface area contributed by atoms with Gasteiger partial charge in [-0.25, -0.2) is 12.8 Å². The molecule has 0 unspecified atom stereocenters. The van der Waals surface area contributed by atoms with Crippen molar-refractivity contribution in [1.29, 1.82) is 0 Å². The molecule has 3 rings (SSSR count). The van der Waals surface area contributed by atoms with Crippen molar-refractivity contribution in [1.82, 2.24) is 0 Å². The second-order valence-corrected chi connectivity index (χ2v) is 8.84. The van der Waals surface area contributed by atoms with E-state index in [0.29, 0.717) is 0 Å². The summed E-state index contributed by atoms with van der Waals surface area (Å²) in [5, 5.41) is 1.97. The first-order chi connectivity index (χ1) is 10.9. The van der Waals surface area contributed by atoms with Gasteiger partial charge in [0.1, 0.15) is 5.82 Å². The Balaban J connectivity index is 2.10. The number of hydrogen-bond donors (Lipinski definition) is 0. The molecule has 0 amide bonds. The van der Waals surface area contributed by atoms with E-state index in [1.54, 1.807) is 47.7 Å². The summed E-state index contributed by atoms with van der Waals surface area (Å²) < 4.78 is 37.2. The highest BCUT2D eigenvalue weighted by Gasteiger charge is 2.15. The van der Waals surface area contributed by atoms with Crippen molar-refractivity contribution < 1.29 is 12.8 Å². The molecule has 118 valence electrons. The minimum atomic E-state index is -3.22. The summed E-state index contributed by atoms with van der Waals surface area (Å²) in [6, 6.07) is 13.1. The average Bonchev–Trinajstić information content (AvgIpc) is 2.89. The number of benzene rings is 2. The minimum absolute atomic E-state index is 0.275. The zero-order valence-corrected chi connectivity index (χ0v) is 15.3. The van der Waals surface area contributed by atoms with Crippen LogP contribution in [-0.2, 0) is 9.84 Å². The molecule has 0 saturated carbocycles. The van der Waals surface area contributed by atoms with Crippen molar-refractivity contribution in [2.45, 2.75) is 4.90 Å². The number of hydrogen-bond acceptors (Lipinski definition) is 3. The van der Waals surface area contributed by atoms with Gasteiger partial charge in [0.15, 0.2) is 9.84 Å². The van der Waals surface area contributed by atoms with Crippen molar-refractivity contribution in [2.24, 2.45) is 0 Å². The summed E-state index contributed by atoms with van der Waals surface area (Å²) >= 11 is 5.09. The van der Waals surface area contributed by atoms with Crippen molar-refractivity contribution >= 4 is 37.1 Å². The van der Waals surface area contributed by atoms with Crippen LogP contribution in [0, 0.1) is 5.82 Å². The molecule has 0 spiro atoms. The van der Waals surface area contributed by atoms with Gasteiger partial charge in [-0.15, -0.1) is 11.3 Å². The smallest absolute Gasteiger partial charge is 0.175 e. The van der Waals surface area contributed by atoms with Gasteiger partial charge in [-0.05, 0) is 51.3 Å². The lowest BCUT2D eigenvalue weighted by Crippen LogP contribution is -1.96. The molecule has 0 atom stereocenters. The van der Waals surface area contributed by atoms with Crippen LogP contribution in [0.25, 0.3) is 21.6 Å². The van der Waals surface area contributed by atoms with E-state index in [4.69, 9.17) is 0 Å². The third-order valence-electron chi connectivity index (χ3n) is 3.42. The highest BCUT2D eigenvalue weighted by molar-refractivity contribution is 9.10. The van der Waals surface area contributed by atoms with Gasteiger partial charge in [0, 0.05) is 26.5 Å². The molecule has 0 bridgehead atoms. The molecule has 0 fully saturated rings. The maximum atomic E-state index is 13.1. The second kappa shape index (κ2) is 6.19. The van der Waals surface area contributed by atoms with Crippen LogP contribution >= 0.6 is 27.3 Å². The lowest BCUT2D eigenvalue weighted by atomic mass is 10.0. The molecule has 0 saturated heterocycles. The van der Waals surface area contributed by atoms with Gasteiger partial charge < -0.3 is 0 Å². The lowest BCUT2D eigenvalue weighted by Gasteiger charge is -2.07. The third kappa shape index (κ3) is 3.39. The fourth-order valence-electron chi connectivity index (χ4n) is 2.29. The first kappa shape index (κ1) is 16.4. The first-order valence-electron chi connectivity index (χ1n) is 6.69. The molecule has 2 nitrogen and oxygen atoms in total. The lowest BCUT2D eigenvalue weighted by molar-refractivity contribution is 0.602.